The van der Waals surface area contributed by atoms with Crippen LogP contribution in [0, 0.1) is 0 Å². The molecule has 3 aliphatic rings. The molecule has 0 aromatic heterocycles. The molecular formula is C73H135NO18. The molecule has 17 unspecified atom stereocenters. The molecule has 540 valence electrons. The van der Waals surface area contributed by atoms with Crippen LogP contribution in [0.1, 0.15) is 290 Å². The maximum atomic E-state index is 13.4. The van der Waals surface area contributed by atoms with E-state index < -0.39 is 124 Å². The summed E-state index contributed by atoms with van der Waals surface area (Å²) >= 11 is 0. The number of nitrogens with one attached hydrogen (secondary N) is 1. The second-order valence-electron chi connectivity index (χ2n) is 26.7. The molecule has 19 nitrogen and oxygen atoms in total. The van der Waals surface area contributed by atoms with E-state index in [1.165, 1.54) is 212 Å². The Hall–Kier alpha value is -1.99. The highest BCUT2D eigenvalue weighted by molar-refractivity contribution is 5.76. The third kappa shape index (κ3) is 36.0. The van der Waals surface area contributed by atoms with E-state index in [0.29, 0.717) is 12.8 Å². The summed E-state index contributed by atoms with van der Waals surface area (Å²) in [4.78, 5) is 13.4. The first-order chi connectivity index (χ1) is 44.8. The van der Waals surface area contributed by atoms with Gasteiger partial charge >= 0.3 is 0 Å². The van der Waals surface area contributed by atoms with Gasteiger partial charge < -0.3 is 89.9 Å². The van der Waals surface area contributed by atoms with Gasteiger partial charge in [-0.25, -0.2) is 0 Å². The average molecular weight is 1310 g/mol. The van der Waals surface area contributed by atoms with Crippen molar-refractivity contribution < 1.29 is 89.4 Å². The highest BCUT2D eigenvalue weighted by atomic mass is 16.8. The summed E-state index contributed by atoms with van der Waals surface area (Å²) in [5.41, 5.74) is 0. The van der Waals surface area contributed by atoms with Crippen LogP contribution in [0.2, 0.25) is 0 Å². The Morgan fingerprint density at radius 2 is 0.696 bits per heavy atom. The fraction of sp³-hybridized carbons (Fsp3) is 0.904. The zero-order valence-electron chi connectivity index (χ0n) is 57.3. The third-order valence-electron chi connectivity index (χ3n) is 18.7. The second kappa shape index (κ2) is 55.0. The van der Waals surface area contributed by atoms with Crippen LogP contribution in [0.3, 0.4) is 0 Å². The Bertz CT molecular complexity index is 1810. The molecule has 12 N–H and O–H groups in total. The fourth-order valence-electron chi connectivity index (χ4n) is 12.6. The van der Waals surface area contributed by atoms with E-state index in [4.69, 9.17) is 28.4 Å². The zero-order valence-corrected chi connectivity index (χ0v) is 57.3. The van der Waals surface area contributed by atoms with E-state index in [9.17, 15) is 61.0 Å². The third-order valence-corrected chi connectivity index (χ3v) is 18.7. The highest BCUT2D eigenvalue weighted by Gasteiger charge is 2.53. The normalized spacial score (nSPS) is 27.9. The summed E-state index contributed by atoms with van der Waals surface area (Å²) in [6, 6.07) is -0.994. The van der Waals surface area contributed by atoms with Gasteiger partial charge in [0.25, 0.3) is 0 Å². The molecule has 3 saturated heterocycles. The van der Waals surface area contributed by atoms with Crippen LogP contribution in [0.15, 0.2) is 36.5 Å². The van der Waals surface area contributed by atoms with Gasteiger partial charge in [0, 0.05) is 6.42 Å². The maximum Gasteiger partial charge on any atom is 0.220 e. The fourth-order valence-corrected chi connectivity index (χ4v) is 12.6. The number of unbranched alkanes of at least 4 members (excludes halogenated alkanes) is 38. The van der Waals surface area contributed by atoms with Crippen molar-refractivity contribution in [1.82, 2.24) is 5.32 Å². The van der Waals surface area contributed by atoms with Crippen molar-refractivity contribution in [1.29, 1.82) is 0 Å². The summed E-state index contributed by atoms with van der Waals surface area (Å²) in [6.45, 7) is 1.72. The second-order valence-corrected chi connectivity index (χ2v) is 26.7. The minimum atomic E-state index is -1.98. The van der Waals surface area contributed by atoms with E-state index in [0.717, 1.165) is 44.9 Å². The molecule has 92 heavy (non-hydrogen) atoms. The molecule has 0 aromatic carbocycles. The first kappa shape index (κ1) is 84.2. The predicted octanol–water partition coefficient (Wildman–Crippen LogP) is 10.8. The summed E-state index contributed by atoms with van der Waals surface area (Å²) in [6.07, 6.45) is 38.7. The largest absolute Gasteiger partial charge is 0.394 e. The molecule has 3 fully saturated rings. The van der Waals surface area contributed by atoms with Gasteiger partial charge in [0.05, 0.1) is 38.6 Å². The molecule has 0 aliphatic carbocycles. The SMILES string of the molecule is CCCCCCC/C=C/CC/C=C/CC/C=C/C(O)C(COC1OC(CO)C(OC2OC(CO)C(OC3OC(CO)C(O)C(O)C3O)C(O)C2O)C(O)C1O)NC(=O)CCCCCCCCCCCCCCCCCCCCCCCCCCCCCCCCCC. The van der Waals surface area contributed by atoms with Crippen LogP contribution in [-0.2, 0) is 33.2 Å². The van der Waals surface area contributed by atoms with Crippen molar-refractivity contribution in [2.24, 2.45) is 0 Å². The molecule has 3 heterocycles. The number of aliphatic hydroxyl groups is 11. The van der Waals surface area contributed by atoms with E-state index in [1.54, 1.807) is 6.08 Å². The molecular weight excluding hydrogens is 1180 g/mol. The van der Waals surface area contributed by atoms with Crippen molar-refractivity contribution in [3.63, 3.8) is 0 Å². The summed E-state index contributed by atoms with van der Waals surface area (Å²) < 4.78 is 34.3. The number of hydrogen-bond donors (Lipinski definition) is 12. The first-order valence-electron chi connectivity index (χ1n) is 37.2. The summed E-state index contributed by atoms with van der Waals surface area (Å²) in [5.74, 6) is -0.285. The van der Waals surface area contributed by atoms with Crippen molar-refractivity contribution in [2.75, 3.05) is 26.4 Å². The number of carbonyl (C=O) groups excluding carboxylic acids is 1. The van der Waals surface area contributed by atoms with Gasteiger partial charge in [-0.3, -0.25) is 4.79 Å². The molecule has 0 radical (unpaired) electrons. The molecule has 0 aromatic rings. The van der Waals surface area contributed by atoms with Crippen molar-refractivity contribution in [3.8, 4) is 0 Å². The quantitative estimate of drug-likeness (QED) is 0.0199. The average Bonchev–Trinajstić information content (AvgIpc) is 0.854. The summed E-state index contributed by atoms with van der Waals surface area (Å²) in [5, 5.41) is 120. The molecule has 0 spiro atoms. The first-order valence-corrected chi connectivity index (χ1v) is 37.2. The van der Waals surface area contributed by atoms with Gasteiger partial charge in [0.2, 0.25) is 5.91 Å². The lowest BCUT2D eigenvalue weighted by molar-refractivity contribution is -0.379. The molecule has 19 heteroatoms. The number of rotatable bonds is 58. The van der Waals surface area contributed by atoms with E-state index >= 15 is 0 Å². The number of hydrogen-bond acceptors (Lipinski definition) is 18. The van der Waals surface area contributed by atoms with Crippen molar-refractivity contribution in [2.45, 2.75) is 394 Å². The van der Waals surface area contributed by atoms with Crippen molar-refractivity contribution in [3.05, 3.63) is 36.5 Å². The van der Waals surface area contributed by atoms with Gasteiger partial charge in [-0.05, 0) is 44.9 Å². The predicted molar refractivity (Wildman–Crippen MR) is 360 cm³/mol. The van der Waals surface area contributed by atoms with Crippen LogP contribution in [-0.4, -0.2) is 193 Å². The lowest BCUT2D eigenvalue weighted by Crippen LogP contribution is -2.66. The highest BCUT2D eigenvalue weighted by Crippen LogP contribution is 2.33. The number of aliphatic hydroxyl groups excluding tert-OH is 11. The summed E-state index contributed by atoms with van der Waals surface area (Å²) in [7, 11) is 0. The minimum Gasteiger partial charge on any atom is -0.394 e. The van der Waals surface area contributed by atoms with Crippen LogP contribution < -0.4 is 5.32 Å². The lowest BCUT2D eigenvalue weighted by atomic mass is 9.96. The minimum absolute atomic E-state index is 0.236. The van der Waals surface area contributed by atoms with Gasteiger partial charge in [-0.15, -0.1) is 0 Å². The van der Waals surface area contributed by atoms with E-state index in [-0.39, 0.29) is 18.9 Å². The molecule has 3 aliphatic heterocycles. The maximum absolute atomic E-state index is 13.4. The number of allylic oxidation sites excluding steroid dienone is 5. The van der Waals surface area contributed by atoms with E-state index in [1.807, 2.05) is 6.08 Å². The lowest BCUT2D eigenvalue weighted by Gasteiger charge is -2.48. The van der Waals surface area contributed by atoms with Gasteiger partial charge in [-0.2, -0.15) is 0 Å². The van der Waals surface area contributed by atoms with Gasteiger partial charge in [-0.1, -0.05) is 275 Å². The Kier molecular flexibility index (Phi) is 50.3. The van der Waals surface area contributed by atoms with Crippen LogP contribution in [0.25, 0.3) is 0 Å². The Labute approximate surface area is 555 Å². The standard InChI is InChI=1S/C73H135NO18/c1-3-5-7-9-11-13-15-17-19-20-21-22-23-24-25-26-27-28-29-30-31-32-33-34-35-37-39-41-43-45-47-49-51-61(79)74-56(57(78)50-48-46-44-42-40-38-36-18-16-14-12-10-8-6-4-2)55-87-71-67(85)64(82)69(59(53-76)89-71)92-73-68(86)65(83)70(60(54-77)90-73)91-72-66(84)63(81)62(80)58(52-75)88-72/h16,18,40,42,48,50,56-60,62-73,75-78,80-86H,3-15,17,19-39,41,43-47,49,51-55H2,1-2H3,(H,74,79)/b18-16+,42-40+,50-48+. The number of ether oxygens (including phenoxy) is 6. The molecule has 17 atom stereocenters. The van der Waals surface area contributed by atoms with Crippen LogP contribution in [0.4, 0.5) is 0 Å². The molecule has 0 bridgehead atoms. The molecule has 3 rings (SSSR count). The molecule has 1 amide bonds. The Balaban J connectivity index is 1.36. The monoisotopic (exact) mass is 1310 g/mol. The van der Waals surface area contributed by atoms with Gasteiger partial charge in [0.15, 0.2) is 18.9 Å². The van der Waals surface area contributed by atoms with Crippen LogP contribution in [0.5, 0.6) is 0 Å². The van der Waals surface area contributed by atoms with Gasteiger partial charge in [0.1, 0.15) is 73.2 Å². The number of carbonyl (C=O) groups is 1. The van der Waals surface area contributed by atoms with Crippen LogP contribution >= 0.6 is 0 Å². The topological polar surface area (TPSA) is 307 Å². The smallest absolute Gasteiger partial charge is 0.220 e. The van der Waals surface area contributed by atoms with E-state index in [2.05, 4.69) is 43.5 Å². The number of amides is 1. The molecule has 0 saturated carbocycles. The Morgan fingerprint density at radius 1 is 0.380 bits per heavy atom. The van der Waals surface area contributed by atoms with Crippen molar-refractivity contribution >= 4 is 5.91 Å². The zero-order chi connectivity index (χ0) is 66.8. The Morgan fingerprint density at radius 3 is 1.09 bits per heavy atom.